The van der Waals surface area contributed by atoms with Gasteiger partial charge in [-0.05, 0) is 55.2 Å². The van der Waals surface area contributed by atoms with Crippen molar-refractivity contribution in [2.45, 2.75) is 17.7 Å². The van der Waals surface area contributed by atoms with Crippen LogP contribution in [-0.4, -0.2) is 49.0 Å². The lowest BCUT2D eigenvalue weighted by Gasteiger charge is -2.22. The highest BCUT2D eigenvalue weighted by atomic mass is 32.2. The van der Waals surface area contributed by atoms with E-state index in [-0.39, 0.29) is 22.9 Å². The van der Waals surface area contributed by atoms with E-state index < -0.39 is 31.4 Å². The minimum atomic E-state index is -4.45. The summed E-state index contributed by atoms with van der Waals surface area (Å²) in [5.41, 5.74) is 0.386. The zero-order valence-corrected chi connectivity index (χ0v) is 21.4. The Labute approximate surface area is 223 Å². The Kier molecular flexibility index (Phi) is 7.43. The van der Waals surface area contributed by atoms with Crippen molar-refractivity contribution in [2.24, 2.45) is 5.92 Å². The smallest absolute Gasteiger partial charge is 0.293 e. The summed E-state index contributed by atoms with van der Waals surface area (Å²) in [4.78, 5) is 30.9. The second-order valence-corrected chi connectivity index (χ2v) is 10.7. The van der Waals surface area contributed by atoms with Crippen LogP contribution < -0.4 is 14.8 Å². The lowest BCUT2D eigenvalue weighted by Crippen LogP contribution is -2.31. The third-order valence-electron chi connectivity index (χ3n) is 6.27. The Balaban J connectivity index is 1.33. The standard InChI is InChI=1S/C26H25N5O7S/c32-26(21-5-1-2-6-24(21)38-19-12-18-9-10-27-25(18)29-15-19)30-39(35,36)20-7-8-22(23(13-20)31(33)34)28-14-17-4-3-11-37-16-17/h1-2,5-10,12-13,15,17,28H,3-4,11,14,16H2,(H,27,29)(H,30,32)/t17-/m1/s1. The highest BCUT2D eigenvalue weighted by Gasteiger charge is 2.26. The fourth-order valence-electron chi connectivity index (χ4n) is 4.28. The molecule has 0 aliphatic carbocycles. The average Bonchev–Trinajstić information content (AvgIpc) is 3.40. The number of nitro benzene ring substituents is 1. The highest BCUT2D eigenvalue weighted by Crippen LogP contribution is 2.30. The van der Waals surface area contributed by atoms with Gasteiger partial charge in [-0.2, -0.15) is 0 Å². The van der Waals surface area contributed by atoms with E-state index in [4.69, 9.17) is 9.47 Å². The number of anilines is 1. The molecule has 202 valence electrons. The van der Waals surface area contributed by atoms with Crippen molar-refractivity contribution in [3.05, 3.63) is 82.7 Å². The number of pyridine rings is 1. The van der Waals surface area contributed by atoms with Crippen LogP contribution in [0.25, 0.3) is 11.0 Å². The number of nitro groups is 1. The zero-order chi connectivity index (χ0) is 27.4. The molecular formula is C26H25N5O7S. The summed E-state index contributed by atoms with van der Waals surface area (Å²) in [5, 5.41) is 15.5. The molecule has 13 heteroatoms. The number of ether oxygens (including phenoxy) is 2. The van der Waals surface area contributed by atoms with Gasteiger partial charge >= 0.3 is 0 Å². The molecule has 1 saturated heterocycles. The monoisotopic (exact) mass is 551 g/mol. The summed E-state index contributed by atoms with van der Waals surface area (Å²) < 4.78 is 39.3. The maximum absolute atomic E-state index is 13.0. The van der Waals surface area contributed by atoms with Gasteiger partial charge < -0.3 is 19.8 Å². The van der Waals surface area contributed by atoms with Gasteiger partial charge in [0.25, 0.3) is 21.6 Å². The largest absolute Gasteiger partial charge is 0.455 e. The fraction of sp³-hybridized carbons (Fsp3) is 0.231. The highest BCUT2D eigenvalue weighted by molar-refractivity contribution is 7.90. The predicted octanol–water partition coefficient (Wildman–Crippen LogP) is 4.22. The first-order chi connectivity index (χ1) is 18.8. The number of fused-ring (bicyclic) bond motifs is 1. The van der Waals surface area contributed by atoms with Crippen LogP contribution in [0.4, 0.5) is 11.4 Å². The molecule has 1 fully saturated rings. The van der Waals surface area contributed by atoms with Crippen LogP contribution in [0.3, 0.4) is 0 Å². The van der Waals surface area contributed by atoms with E-state index in [2.05, 4.69) is 15.3 Å². The molecule has 0 radical (unpaired) electrons. The first-order valence-electron chi connectivity index (χ1n) is 12.2. The Morgan fingerprint density at radius 2 is 2.05 bits per heavy atom. The van der Waals surface area contributed by atoms with Gasteiger partial charge in [-0.1, -0.05) is 12.1 Å². The van der Waals surface area contributed by atoms with Crippen LogP contribution in [0.1, 0.15) is 23.2 Å². The van der Waals surface area contributed by atoms with E-state index >= 15 is 0 Å². The van der Waals surface area contributed by atoms with E-state index in [1.54, 1.807) is 24.4 Å². The molecule has 1 aliphatic rings. The minimum absolute atomic E-state index is 0.0438. The van der Waals surface area contributed by atoms with E-state index in [1.165, 1.54) is 30.5 Å². The molecular weight excluding hydrogens is 526 g/mol. The normalized spacial score (nSPS) is 15.5. The van der Waals surface area contributed by atoms with Crippen molar-refractivity contribution >= 4 is 38.3 Å². The van der Waals surface area contributed by atoms with Crippen LogP contribution >= 0.6 is 0 Å². The molecule has 1 aliphatic heterocycles. The molecule has 2 aromatic carbocycles. The number of carbonyl (C=O) groups excluding carboxylic acids is 1. The van der Waals surface area contributed by atoms with Crippen LogP contribution in [-0.2, 0) is 14.8 Å². The Morgan fingerprint density at radius 3 is 2.85 bits per heavy atom. The summed E-state index contributed by atoms with van der Waals surface area (Å²) in [6, 6.07) is 13.1. The van der Waals surface area contributed by atoms with Crippen LogP contribution in [0.2, 0.25) is 0 Å². The van der Waals surface area contributed by atoms with Gasteiger partial charge in [0.15, 0.2) is 0 Å². The second-order valence-electron chi connectivity index (χ2n) is 9.02. The number of nitrogens with one attached hydrogen (secondary N) is 3. The molecule has 0 unspecified atom stereocenters. The number of nitrogens with zero attached hydrogens (tertiary/aromatic N) is 2. The molecule has 3 heterocycles. The molecule has 2 aromatic heterocycles. The van der Waals surface area contributed by atoms with Crippen molar-refractivity contribution in [1.29, 1.82) is 0 Å². The number of H-pyrrole nitrogens is 1. The van der Waals surface area contributed by atoms with Crippen LogP contribution in [0, 0.1) is 16.0 Å². The number of aromatic amines is 1. The van der Waals surface area contributed by atoms with Crippen LogP contribution in [0.15, 0.2) is 71.9 Å². The number of hydrogen-bond donors (Lipinski definition) is 3. The molecule has 5 rings (SSSR count). The number of aromatic nitrogens is 2. The number of para-hydroxylation sites is 1. The van der Waals surface area contributed by atoms with Gasteiger partial charge in [0.1, 0.15) is 22.8 Å². The Hall–Kier alpha value is -4.49. The van der Waals surface area contributed by atoms with Gasteiger partial charge in [0.05, 0.1) is 28.2 Å². The first-order valence-corrected chi connectivity index (χ1v) is 13.7. The molecule has 4 aromatic rings. The lowest BCUT2D eigenvalue weighted by molar-refractivity contribution is -0.384. The van der Waals surface area contributed by atoms with E-state index in [0.29, 0.717) is 31.2 Å². The molecule has 1 atom stereocenters. The lowest BCUT2D eigenvalue weighted by atomic mass is 10.0. The van der Waals surface area contributed by atoms with Gasteiger partial charge in [0, 0.05) is 30.8 Å². The number of amides is 1. The topological polar surface area (TPSA) is 166 Å². The summed E-state index contributed by atoms with van der Waals surface area (Å²) in [5.74, 6) is -0.296. The maximum atomic E-state index is 13.0. The molecule has 39 heavy (non-hydrogen) atoms. The van der Waals surface area contributed by atoms with Crippen molar-refractivity contribution < 1.29 is 27.6 Å². The quantitative estimate of drug-likeness (QED) is 0.204. The van der Waals surface area contributed by atoms with Crippen molar-refractivity contribution in [3.8, 4) is 11.5 Å². The summed E-state index contributed by atoms with van der Waals surface area (Å²) in [6.07, 6.45) is 5.05. The van der Waals surface area contributed by atoms with Crippen LogP contribution in [0.5, 0.6) is 11.5 Å². The van der Waals surface area contributed by atoms with E-state index in [1.807, 2.05) is 10.8 Å². The van der Waals surface area contributed by atoms with Gasteiger partial charge in [-0.25, -0.2) is 18.1 Å². The molecule has 0 spiro atoms. The minimum Gasteiger partial charge on any atom is -0.455 e. The summed E-state index contributed by atoms with van der Waals surface area (Å²) >= 11 is 0. The predicted molar refractivity (Wildman–Crippen MR) is 142 cm³/mol. The first kappa shape index (κ1) is 26.1. The van der Waals surface area contributed by atoms with Crippen molar-refractivity contribution in [3.63, 3.8) is 0 Å². The Morgan fingerprint density at radius 1 is 1.21 bits per heavy atom. The molecule has 3 N–H and O–H groups in total. The fourth-order valence-corrected chi connectivity index (χ4v) is 5.27. The number of carbonyl (C=O) groups is 1. The second kappa shape index (κ2) is 11.1. The molecule has 12 nitrogen and oxygen atoms in total. The SMILES string of the molecule is O=C(NS(=O)(=O)c1ccc(NC[C@H]2CCCOC2)c([N+](=O)[O-])c1)c1ccccc1Oc1cnc2[nH]ccc2c1. The Bertz CT molecular complexity index is 1630. The average molecular weight is 552 g/mol. The van der Waals surface area contributed by atoms with Crippen molar-refractivity contribution in [2.75, 3.05) is 25.1 Å². The molecule has 1 amide bonds. The number of rotatable bonds is 9. The van der Waals surface area contributed by atoms with E-state index in [0.717, 1.165) is 24.3 Å². The summed E-state index contributed by atoms with van der Waals surface area (Å²) in [7, 11) is -4.45. The van der Waals surface area contributed by atoms with Gasteiger partial charge in [-0.3, -0.25) is 14.9 Å². The third-order valence-corrected chi connectivity index (χ3v) is 7.60. The number of sulfonamides is 1. The van der Waals surface area contributed by atoms with E-state index in [9.17, 15) is 23.3 Å². The molecule has 0 saturated carbocycles. The number of benzene rings is 2. The zero-order valence-electron chi connectivity index (χ0n) is 20.6. The number of hydrogen-bond acceptors (Lipinski definition) is 9. The maximum Gasteiger partial charge on any atom is 0.293 e. The third kappa shape index (κ3) is 5.99. The van der Waals surface area contributed by atoms with Gasteiger partial charge in [-0.15, -0.1) is 0 Å². The van der Waals surface area contributed by atoms with Crippen molar-refractivity contribution in [1.82, 2.24) is 14.7 Å². The molecule has 0 bridgehead atoms. The van der Waals surface area contributed by atoms with Gasteiger partial charge in [0.2, 0.25) is 0 Å². The summed E-state index contributed by atoms with van der Waals surface area (Å²) in [6.45, 7) is 1.71.